The van der Waals surface area contributed by atoms with Gasteiger partial charge < -0.3 is 16.4 Å². The van der Waals surface area contributed by atoms with E-state index in [4.69, 9.17) is 5.73 Å². The van der Waals surface area contributed by atoms with E-state index in [1.807, 2.05) is 48.5 Å². The molecule has 0 aliphatic heterocycles. The Bertz CT molecular complexity index is 917. The molecule has 28 heavy (non-hydrogen) atoms. The number of nitrogens with one attached hydrogen (secondary N) is 2. The molecule has 1 heterocycles. The van der Waals surface area contributed by atoms with Gasteiger partial charge in [-0.2, -0.15) is 0 Å². The van der Waals surface area contributed by atoms with Gasteiger partial charge in [0, 0.05) is 23.9 Å². The first-order valence-electron chi connectivity index (χ1n) is 9.73. The zero-order chi connectivity index (χ0) is 19.8. The van der Waals surface area contributed by atoms with Gasteiger partial charge in [-0.1, -0.05) is 49.2 Å². The Morgan fingerprint density at radius 3 is 1.89 bits per heavy atom. The van der Waals surface area contributed by atoms with Crippen molar-refractivity contribution in [1.29, 1.82) is 0 Å². The van der Waals surface area contributed by atoms with Crippen LogP contribution in [0.3, 0.4) is 0 Å². The molecular weight excluding hydrogens is 352 g/mol. The fraction of sp³-hybridized carbons (Fsp3) is 0.318. The van der Waals surface area contributed by atoms with E-state index in [1.54, 1.807) is 0 Å². The van der Waals surface area contributed by atoms with Gasteiger partial charge in [-0.15, -0.1) is 0 Å². The van der Waals surface area contributed by atoms with Crippen molar-refractivity contribution in [1.82, 2.24) is 15.6 Å². The second-order valence-electron chi connectivity index (χ2n) is 6.75. The van der Waals surface area contributed by atoms with Crippen LogP contribution in [0.25, 0.3) is 21.8 Å². The highest BCUT2D eigenvalue weighted by molar-refractivity contribution is 6.16. The number of rotatable bonds is 9. The molecule has 0 saturated heterocycles. The van der Waals surface area contributed by atoms with Crippen LogP contribution in [-0.2, 0) is 4.79 Å². The molecule has 2 aromatic carbocycles. The fourth-order valence-corrected chi connectivity index (χ4v) is 3.28. The first kappa shape index (κ1) is 19.8. The highest BCUT2D eigenvalue weighted by Gasteiger charge is 2.15. The van der Waals surface area contributed by atoms with Crippen molar-refractivity contribution in [3.8, 4) is 0 Å². The summed E-state index contributed by atoms with van der Waals surface area (Å²) >= 11 is 0. The molecule has 6 heteroatoms. The summed E-state index contributed by atoms with van der Waals surface area (Å²) in [5, 5.41) is 7.55. The minimum Gasteiger partial charge on any atom is -0.355 e. The van der Waals surface area contributed by atoms with Crippen molar-refractivity contribution < 1.29 is 9.59 Å². The van der Waals surface area contributed by atoms with Crippen LogP contribution in [0.15, 0.2) is 48.5 Å². The third-order valence-electron chi connectivity index (χ3n) is 4.71. The molecule has 0 aliphatic carbocycles. The average Bonchev–Trinajstić information content (AvgIpc) is 2.73. The van der Waals surface area contributed by atoms with Gasteiger partial charge in [-0.05, 0) is 25.0 Å². The molecule has 6 nitrogen and oxygen atoms in total. The number of para-hydroxylation sites is 2. The molecule has 3 rings (SSSR count). The summed E-state index contributed by atoms with van der Waals surface area (Å²) in [6.07, 6.45) is 3.81. The maximum Gasteiger partial charge on any atom is 0.252 e. The minimum absolute atomic E-state index is 0.0321. The number of carbonyl (C=O) groups is 2. The Hall–Kier alpha value is -2.99. The fourth-order valence-electron chi connectivity index (χ4n) is 3.28. The third-order valence-corrected chi connectivity index (χ3v) is 4.71. The van der Waals surface area contributed by atoms with E-state index in [0.717, 1.165) is 47.5 Å². The quantitative estimate of drug-likeness (QED) is 0.394. The topological polar surface area (TPSA) is 97.1 Å². The van der Waals surface area contributed by atoms with E-state index >= 15 is 0 Å². The van der Waals surface area contributed by atoms with Crippen molar-refractivity contribution in [2.24, 2.45) is 5.73 Å². The van der Waals surface area contributed by atoms with Crippen LogP contribution >= 0.6 is 0 Å². The molecule has 0 fully saturated rings. The molecule has 0 radical (unpaired) electrons. The highest BCUT2D eigenvalue weighted by Crippen LogP contribution is 2.25. The summed E-state index contributed by atoms with van der Waals surface area (Å²) in [6.45, 7) is 1.31. The first-order chi connectivity index (χ1) is 13.7. The number of aromatic nitrogens is 1. The Morgan fingerprint density at radius 1 is 0.786 bits per heavy atom. The number of nitrogens with zero attached hydrogens (tertiary/aromatic N) is 1. The number of fused-ring (bicyclic) bond motifs is 2. The van der Waals surface area contributed by atoms with Crippen LogP contribution in [-0.4, -0.2) is 36.4 Å². The molecule has 0 bridgehead atoms. The van der Waals surface area contributed by atoms with E-state index in [2.05, 4.69) is 15.6 Å². The standard InChI is InChI=1S/C22H26N4O2/c23-15-20(27)24-13-7-1-2-8-14-25-22(28)21-16-9-3-5-11-18(16)26-19-12-6-4-10-17(19)21/h3-6,9-12H,1-2,7-8,13-15,23H2,(H,24,27)(H,25,28). The van der Waals surface area contributed by atoms with E-state index in [9.17, 15) is 9.59 Å². The monoisotopic (exact) mass is 378 g/mol. The largest absolute Gasteiger partial charge is 0.355 e. The SMILES string of the molecule is NCC(=O)NCCCCCCNC(=O)c1c2ccccc2nc2ccccc12. The van der Waals surface area contributed by atoms with Gasteiger partial charge in [-0.25, -0.2) is 4.98 Å². The average molecular weight is 378 g/mol. The summed E-state index contributed by atoms with van der Waals surface area (Å²) < 4.78 is 0. The number of nitrogens with two attached hydrogens (primary N) is 1. The van der Waals surface area contributed by atoms with Crippen LogP contribution in [0.4, 0.5) is 0 Å². The first-order valence-corrected chi connectivity index (χ1v) is 9.73. The number of amides is 2. The third kappa shape index (κ3) is 4.84. The molecule has 0 spiro atoms. The summed E-state index contributed by atoms with van der Waals surface area (Å²) in [6, 6.07) is 15.5. The van der Waals surface area contributed by atoms with Gasteiger partial charge in [0.2, 0.25) is 5.91 Å². The van der Waals surface area contributed by atoms with Crippen molar-refractivity contribution >= 4 is 33.6 Å². The van der Waals surface area contributed by atoms with Crippen molar-refractivity contribution in [3.63, 3.8) is 0 Å². The minimum atomic E-state index is -0.121. The van der Waals surface area contributed by atoms with Gasteiger partial charge in [-0.3, -0.25) is 9.59 Å². The number of carbonyl (C=O) groups excluding carboxylic acids is 2. The molecule has 3 aromatic rings. The number of benzene rings is 2. The summed E-state index contributed by atoms with van der Waals surface area (Å²) in [5.74, 6) is -0.186. The summed E-state index contributed by atoms with van der Waals surface area (Å²) in [7, 11) is 0. The van der Waals surface area contributed by atoms with Gasteiger partial charge in [0.05, 0.1) is 23.1 Å². The Kier molecular flexibility index (Phi) is 6.92. The normalized spacial score (nSPS) is 10.9. The summed E-state index contributed by atoms with van der Waals surface area (Å²) in [5.41, 5.74) is 7.58. The van der Waals surface area contributed by atoms with Crippen molar-refractivity contribution in [3.05, 3.63) is 54.1 Å². The van der Waals surface area contributed by atoms with Crippen LogP contribution in [0.5, 0.6) is 0 Å². The van der Waals surface area contributed by atoms with E-state index < -0.39 is 0 Å². The molecule has 0 saturated carbocycles. The zero-order valence-corrected chi connectivity index (χ0v) is 15.9. The second kappa shape index (κ2) is 9.80. The Morgan fingerprint density at radius 2 is 1.32 bits per heavy atom. The molecule has 0 aliphatic rings. The van der Waals surface area contributed by atoms with E-state index in [1.165, 1.54) is 0 Å². The molecule has 2 amide bonds. The summed E-state index contributed by atoms with van der Waals surface area (Å²) in [4.78, 5) is 28.6. The predicted octanol–water partition coefficient (Wildman–Crippen LogP) is 2.75. The van der Waals surface area contributed by atoms with Gasteiger partial charge in [0.15, 0.2) is 0 Å². The maximum atomic E-state index is 12.9. The highest BCUT2D eigenvalue weighted by atomic mass is 16.2. The Balaban J connectivity index is 1.57. The maximum absolute atomic E-state index is 12.9. The second-order valence-corrected chi connectivity index (χ2v) is 6.75. The smallest absolute Gasteiger partial charge is 0.252 e. The lowest BCUT2D eigenvalue weighted by atomic mass is 10.0. The molecule has 1 aromatic heterocycles. The van der Waals surface area contributed by atoms with Crippen LogP contribution in [0.2, 0.25) is 0 Å². The lowest BCUT2D eigenvalue weighted by Crippen LogP contribution is -2.30. The van der Waals surface area contributed by atoms with Crippen LogP contribution < -0.4 is 16.4 Å². The molecule has 0 atom stereocenters. The van der Waals surface area contributed by atoms with Crippen LogP contribution in [0, 0.1) is 0 Å². The van der Waals surface area contributed by atoms with Crippen molar-refractivity contribution in [2.45, 2.75) is 25.7 Å². The lowest BCUT2D eigenvalue weighted by molar-refractivity contribution is -0.119. The van der Waals surface area contributed by atoms with E-state index in [0.29, 0.717) is 18.7 Å². The Labute approximate surface area is 164 Å². The van der Waals surface area contributed by atoms with Crippen LogP contribution in [0.1, 0.15) is 36.0 Å². The molecular formula is C22H26N4O2. The molecule has 0 unspecified atom stereocenters. The number of hydrogen-bond acceptors (Lipinski definition) is 4. The molecule has 146 valence electrons. The van der Waals surface area contributed by atoms with Gasteiger partial charge in [0.1, 0.15) is 0 Å². The lowest BCUT2D eigenvalue weighted by Gasteiger charge is -2.11. The van der Waals surface area contributed by atoms with Gasteiger partial charge >= 0.3 is 0 Å². The van der Waals surface area contributed by atoms with Crippen molar-refractivity contribution in [2.75, 3.05) is 19.6 Å². The number of unbranched alkanes of at least 4 members (excludes halogenated alkanes) is 3. The molecule has 4 N–H and O–H groups in total. The predicted molar refractivity (Wildman–Crippen MR) is 112 cm³/mol. The van der Waals surface area contributed by atoms with Gasteiger partial charge in [0.25, 0.3) is 5.91 Å². The number of hydrogen-bond donors (Lipinski definition) is 3. The zero-order valence-electron chi connectivity index (χ0n) is 15.9. The van der Waals surface area contributed by atoms with E-state index in [-0.39, 0.29) is 18.4 Å². The number of pyridine rings is 1.